The summed E-state index contributed by atoms with van der Waals surface area (Å²) in [4.78, 5) is 2.36. The smallest absolute Gasteiger partial charge is 0.0722 e. The van der Waals surface area contributed by atoms with Crippen molar-refractivity contribution in [3.05, 3.63) is 29.8 Å². The van der Waals surface area contributed by atoms with Gasteiger partial charge in [0, 0.05) is 25.3 Å². The molecule has 1 aliphatic rings. The van der Waals surface area contributed by atoms with Crippen molar-refractivity contribution < 1.29 is 4.74 Å². The van der Waals surface area contributed by atoms with Crippen molar-refractivity contribution >= 4 is 5.69 Å². The van der Waals surface area contributed by atoms with Crippen LogP contribution in [0.15, 0.2) is 24.3 Å². The molecule has 0 bridgehead atoms. The summed E-state index contributed by atoms with van der Waals surface area (Å²) in [6, 6.07) is 8.46. The third-order valence-corrected chi connectivity index (χ3v) is 2.78. The fourth-order valence-corrected chi connectivity index (χ4v) is 1.90. The second-order valence-electron chi connectivity index (χ2n) is 4.00. The zero-order chi connectivity index (χ0) is 10.7. The van der Waals surface area contributed by atoms with Crippen molar-refractivity contribution in [1.29, 1.82) is 0 Å². The lowest BCUT2D eigenvalue weighted by Crippen LogP contribution is -2.41. The van der Waals surface area contributed by atoms with E-state index in [1.54, 1.807) is 0 Å². The Morgan fingerprint density at radius 1 is 1.40 bits per heavy atom. The quantitative estimate of drug-likeness (QED) is 0.794. The van der Waals surface area contributed by atoms with Gasteiger partial charge in [0.05, 0.1) is 12.7 Å². The van der Waals surface area contributed by atoms with E-state index in [0.717, 1.165) is 19.7 Å². The van der Waals surface area contributed by atoms with E-state index in [-0.39, 0.29) is 0 Å². The van der Waals surface area contributed by atoms with Gasteiger partial charge in [0.25, 0.3) is 0 Å². The molecule has 0 amide bonds. The monoisotopic (exact) mass is 206 g/mol. The molecule has 3 nitrogen and oxygen atoms in total. The lowest BCUT2D eigenvalue weighted by atomic mass is 10.2. The minimum absolute atomic E-state index is 0.327. The summed E-state index contributed by atoms with van der Waals surface area (Å²) in [5.41, 5.74) is 8.01. The van der Waals surface area contributed by atoms with Gasteiger partial charge in [0.2, 0.25) is 0 Å². The van der Waals surface area contributed by atoms with Crippen molar-refractivity contribution in [3.8, 4) is 0 Å². The Labute approximate surface area is 90.8 Å². The molecule has 0 spiro atoms. The molecule has 2 N–H and O–H groups in total. The first-order valence-corrected chi connectivity index (χ1v) is 5.45. The van der Waals surface area contributed by atoms with E-state index in [4.69, 9.17) is 10.5 Å². The number of nitrogens with zero attached hydrogens (tertiary/aromatic N) is 1. The van der Waals surface area contributed by atoms with E-state index in [2.05, 4.69) is 36.1 Å². The SMILES string of the molecule is CC1CN(c2ccc(CN)cc2)CCO1. The highest BCUT2D eigenvalue weighted by Crippen LogP contribution is 2.18. The predicted molar refractivity (Wildman–Crippen MR) is 62.0 cm³/mol. The van der Waals surface area contributed by atoms with Crippen LogP contribution in [-0.2, 0) is 11.3 Å². The fraction of sp³-hybridized carbons (Fsp3) is 0.500. The number of nitrogens with two attached hydrogens (primary N) is 1. The summed E-state index contributed by atoms with van der Waals surface area (Å²) >= 11 is 0. The number of hydrogen-bond donors (Lipinski definition) is 1. The Balaban J connectivity index is 2.07. The maximum atomic E-state index is 5.57. The van der Waals surface area contributed by atoms with Crippen molar-refractivity contribution in [2.45, 2.75) is 19.6 Å². The standard InChI is InChI=1S/C12H18N2O/c1-10-9-14(6-7-15-10)12-4-2-11(8-13)3-5-12/h2-5,10H,6-9,13H2,1H3. The molecule has 1 fully saturated rings. The van der Waals surface area contributed by atoms with Gasteiger partial charge in [-0.15, -0.1) is 0 Å². The normalized spacial score (nSPS) is 21.7. The van der Waals surface area contributed by atoms with Crippen LogP contribution in [0.1, 0.15) is 12.5 Å². The molecule has 1 heterocycles. The highest BCUT2D eigenvalue weighted by atomic mass is 16.5. The lowest BCUT2D eigenvalue weighted by Gasteiger charge is -2.33. The molecule has 3 heteroatoms. The molecule has 1 aromatic rings. The summed E-state index contributed by atoms with van der Waals surface area (Å²) < 4.78 is 5.51. The molecular formula is C12H18N2O. The summed E-state index contributed by atoms with van der Waals surface area (Å²) in [5, 5.41) is 0. The van der Waals surface area contributed by atoms with E-state index >= 15 is 0 Å². The van der Waals surface area contributed by atoms with Crippen LogP contribution in [-0.4, -0.2) is 25.8 Å². The molecule has 1 unspecified atom stereocenters. The van der Waals surface area contributed by atoms with Gasteiger partial charge >= 0.3 is 0 Å². The van der Waals surface area contributed by atoms with Crippen LogP contribution >= 0.6 is 0 Å². The Hall–Kier alpha value is -1.06. The van der Waals surface area contributed by atoms with Crippen molar-refractivity contribution in [3.63, 3.8) is 0 Å². The average molecular weight is 206 g/mol. The Morgan fingerprint density at radius 2 is 2.13 bits per heavy atom. The van der Waals surface area contributed by atoms with E-state index in [0.29, 0.717) is 12.6 Å². The molecule has 0 aromatic heterocycles. The van der Waals surface area contributed by atoms with E-state index in [1.165, 1.54) is 11.3 Å². The molecule has 1 saturated heterocycles. The van der Waals surface area contributed by atoms with E-state index in [1.807, 2.05) is 0 Å². The largest absolute Gasteiger partial charge is 0.375 e. The minimum atomic E-state index is 0.327. The molecule has 15 heavy (non-hydrogen) atoms. The lowest BCUT2D eigenvalue weighted by molar-refractivity contribution is 0.0532. The summed E-state index contributed by atoms with van der Waals surface area (Å²) in [5.74, 6) is 0. The number of benzene rings is 1. The van der Waals surface area contributed by atoms with Crippen LogP contribution < -0.4 is 10.6 Å². The Bertz CT molecular complexity index is 310. The van der Waals surface area contributed by atoms with Crippen LogP contribution in [0.25, 0.3) is 0 Å². The van der Waals surface area contributed by atoms with Crippen molar-refractivity contribution in [1.82, 2.24) is 0 Å². The predicted octanol–water partition coefficient (Wildman–Crippen LogP) is 1.37. The molecule has 0 radical (unpaired) electrons. The van der Waals surface area contributed by atoms with Crippen molar-refractivity contribution in [2.24, 2.45) is 5.73 Å². The van der Waals surface area contributed by atoms with Crippen LogP contribution in [0.5, 0.6) is 0 Å². The molecule has 1 aliphatic heterocycles. The number of hydrogen-bond acceptors (Lipinski definition) is 3. The van der Waals surface area contributed by atoms with Crippen molar-refractivity contribution in [2.75, 3.05) is 24.6 Å². The third-order valence-electron chi connectivity index (χ3n) is 2.78. The van der Waals surface area contributed by atoms with E-state index < -0.39 is 0 Å². The molecule has 1 atom stereocenters. The second kappa shape index (κ2) is 4.64. The van der Waals surface area contributed by atoms with Gasteiger partial charge in [0.1, 0.15) is 0 Å². The van der Waals surface area contributed by atoms with Crippen LogP contribution in [0.2, 0.25) is 0 Å². The van der Waals surface area contributed by atoms with Crippen LogP contribution in [0, 0.1) is 0 Å². The number of ether oxygens (including phenoxy) is 1. The molecule has 82 valence electrons. The highest BCUT2D eigenvalue weighted by Gasteiger charge is 2.16. The first-order chi connectivity index (χ1) is 7.29. The Morgan fingerprint density at radius 3 is 2.73 bits per heavy atom. The summed E-state index contributed by atoms with van der Waals surface area (Å²) in [7, 11) is 0. The maximum Gasteiger partial charge on any atom is 0.0722 e. The molecule has 1 aromatic carbocycles. The van der Waals surface area contributed by atoms with Gasteiger partial charge in [-0.05, 0) is 24.6 Å². The second-order valence-corrected chi connectivity index (χ2v) is 4.00. The third kappa shape index (κ3) is 2.49. The molecule has 2 rings (SSSR count). The minimum Gasteiger partial charge on any atom is -0.375 e. The first-order valence-electron chi connectivity index (χ1n) is 5.45. The molecule has 0 saturated carbocycles. The van der Waals surface area contributed by atoms with Gasteiger partial charge in [-0.2, -0.15) is 0 Å². The average Bonchev–Trinajstić information content (AvgIpc) is 2.29. The van der Waals surface area contributed by atoms with Gasteiger partial charge in [-0.3, -0.25) is 0 Å². The molecular weight excluding hydrogens is 188 g/mol. The highest BCUT2D eigenvalue weighted by molar-refractivity contribution is 5.48. The number of anilines is 1. The number of rotatable bonds is 2. The topological polar surface area (TPSA) is 38.5 Å². The zero-order valence-electron chi connectivity index (χ0n) is 9.15. The van der Waals surface area contributed by atoms with Crippen LogP contribution in [0.3, 0.4) is 0 Å². The van der Waals surface area contributed by atoms with Crippen LogP contribution in [0.4, 0.5) is 5.69 Å². The zero-order valence-corrected chi connectivity index (χ0v) is 9.15. The summed E-state index contributed by atoms with van der Waals surface area (Å²) in [6.07, 6.45) is 0.327. The van der Waals surface area contributed by atoms with Gasteiger partial charge in [-0.1, -0.05) is 12.1 Å². The van der Waals surface area contributed by atoms with Gasteiger partial charge in [0.15, 0.2) is 0 Å². The molecule has 0 aliphatic carbocycles. The maximum absolute atomic E-state index is 5.57. The fourth-order valence-electron chi connectivity index (χ4n) is 1.90. The van der Waals surface area contributed by atoms with Gasteiger partial charge in [-0.25, -0.2) is 0 Å². The Kier molecular flexibility index (Phi) is 3.23. The van der Waals surface area contributed by atoms with E-state index in [9.17, 15) is 0 Å². The van der Waals surface area contributed by atoms with Gasteiger partial charge < -0.3 is 15.4 Å². The number of morpholine rings is 1. The summed E-state index contributed by atoms with van der Waals surface area (Å²) in [6.45, 7) is 5.49. The first kappa shape index (κ1) is 10.5.